The summed E-state index contributed by atoms with van der Waals surface area (Å²) in [6.07, 6.45) is 10.2. The molecule has 5 heterocycles. The van der Waals surface area contributed by atoms with Gasteiger partial charge in [-0.25, -0.2) is 9.97 Å². The molecule has 0 bridgehead atoms. The first kappa shape index (κ1) is 20.6. The number of likely N-dealkylation sites (N-methyl/N-ethyl adjacent to an activating group) is 2. The van der Waals surface area contributed by atoms with Crippen molar-refractivity contribution in [3.8, 4) is 0 Å². The van der Waals surface area contributed by atoms with Gasteiger partial charge < -0.3 is 14.7 Å². The highest BCUT2D eigenvalue weighted by atomic mass is 15.5. The van der Waals surface area contributed by atoms with Crippen LogP contribution >= 0.6 is 0 Å². The van der Waals surface area contributed by atoms with Crippen molar-refractivity contribution >= 4 is 28.6 Å². The van der Waals surface area contributed by atoms with Crippen LogP contribution in [0.25, 0.3) is 5.57 Å². The lowest BCUT2D eigenvalue weighted by molar-refractivity contribution is 0.379. The zero-order valence-corrected chi connectivity index (χ0v) is 20.7. The largest absolute Gasteiger partial charge is 0.355 e. The third kappa shape index (κ3) is 2.39. The standard InChI is InChI=1S/C29H30N6/c1-5-29(6-2)20-12-8-10-14-22(20)35-26-25(30-15-16-31-26)33(4)28(35)23-24(29)19-11-7-9-13-21(19)34-18-17-32(3)27(23)34/h7-18,27-28H,5-6H2,1-4H3. The Kier molecular flexibility index (Phi) is 4.17. The molecule has 0 aliphatic carbocycles. The molecule has 1 aromatic heterocycles. The maximum atomic E-state index is 4.88. The Morgan fingerprint density at radius 3 is 2.26 bits per heavy atom. The molecule has 6 nitrogen and oxygen atoms in total. The SMILES string of the molecule is CCC1(CC)C2=C(C3N(C)C=CN3c3ccccc32)C2N(C)c3nccnc3N2c2ccccc21. The number of para-hydroxylation sites is 2. The number of anilines is 4. The van der Waals surface area contributed by atoms with Crippen molar-refractivity contribution in [1.82, 2.24) is 14.9 Å². The zero-order valence-electron chi connectivity index (χ0n) is 20.7. The number of hydrogen-bond acceptors (Lipinski definition) is 6. The molecule has 0 amide bonds. The lowest BCUT2D eigenvalue weighted by Crippen LogP contribution is -2.52. The molecule has 3 aromatic rings. The molecule has 6 heteroatoms. The van der Waals surface area contributed by atoms with E-state index in [2.05, 4.69) is 108 Å². The first-order valence-electron chi connectivity index (χ1n) is 12.6. The van der Waals surface area contributed by atoms with Crippen LogP contribution in [-0.2, 0) is 5.41 Å². The zero-order chi connectivity index (χ0) is 23.9. The van der Waals surface area contributed by atoms with Gasteiger partial charge in [0.25, 0.3) is 0 Å². The van der Waals surface area contributed by atoms with Crippen molar-refractivity contribution in [2.45, 2.75) is 44.4 Å². The van der Waals surface area contributed by atoms with Crippen molar-refractivity contribution in [2.75, 3.05) is 28.8 Å². The van der Waals surface area contributed by atoms with Crippen LogP contribution in [0.4, 0.5) is 23.0 Å². The van der Waals surface area contributed by atoms with Crippen molar-refractivity contribution in [2.24, 2.45) is 0 Å². The van der Waals surface area contributed by atoms with E-state index in [1.807, 2.05) is 6.20 Å². The number of fused-ring (bicyclic) bond motifs is 11. The third-order valence-electron chi connectivity index (χ3n) is 8.61. The van der Waals surface area contributed by atoms with Gasteiger partial charge in [-0.3, -0.25) is 4.90 Å². The highest BCUT2D eigenvalue weighted by Crippen LogP contribution is 2.60. The fourth-order valence-corrected chi connectivity index (χ4v) is 7.06. The summed E-state index contributed by atoms with van der Waals surface area (Å²) in [5.41, 5.74) is 7.99. The summed E-state index contributed by atoms with van der Waals surface area (Å²) in [4.78, 5) is 19.2. The number of allylic oxidation sites excluding steroid dienone is 1. The van der Waals surface area contributed by atoms with E-state index in [0.29, 0.717) is 0 Å². The highest BCUT2D eigenvalue weighted by Gasteiger charge is 2.54. The van der Waals surface area contributed by atoms with E-state index in [-0.39, 0.29) is 17.7 Å². The number of benzene rings is 2. The average molecular weight is 463 g/mol. The Hall–Kier alpha value is -3.80. The van der Waals surface area contributed by atoms with Gasteiger partial charge >= 0.3 is 0 Å². The quantitative estimate of drug-likeness (QED) is 0.502. The first-order valence-corrected chi connectivity index (χ1v) is 12.6. The molecule has 35 heavy (non-hydrogen) atoms. The lowest BCUT2D eigenvalue weighted by Gasteiger charge is -2.46. The maximum Gasteiger partial charge on any atom is 0.178 e. The van der Waals surface area contributed by atoms with Gasteiger partial charge in [0.2, 0.25) is 0 Å². The summed E-state index contributed by atoms with van der Waals surface area (Å²) in [6.45, 7) is 4.70. The normalized spacial score (nSPS) is 22.9. The molecular formula is C29H30N6. The molecule has 0 N–H and O–H groups in total. The van der Waals surface area contributed by atoms with Crippen LogP contribution in [0.2, 0.25) is 0 Å². The Bertz CT molecular complexity index is 1400. The predicted molar refractivity (Wildman–Crippen MR) is 142 cm³/mol. The summed E-state index contributed by atoms with van der Waals surface area (Å²) in [5.74, 6) is 1.86. The van der Waals surface area contributed by atoms with Crippen LogP contribution in [0.3, 0.4) is 0 Å². The van der Waals surface area contributed by atoms with Crippen molar-refractivity contribution in [1.29, 1.82) is 0 Å². The fraction of sp³-hybridized carbons (Fsp3) is 0.310. The Morgan fingerprint density at radius 2 is 1.49 bits per heavy atom. The summed E-state index contributed by atoms with van der Waals surface area (Å²) in [6, 6.07) is 17.9. The van der Waals surface area contributed by atoms with Crippen LogP contribution in [0.5, 0.6) is 0 Å². The molecule has 2 atom stereocenters. The smallest absolute Gasteiger partial charge is 0.178 e. The summed E-state index contributed by atoms with van der Waals surface area (Å²) in [5, 5.41) is 0. The van der Waals surface area contributed by atoms with Gasteiger partial charge in [-0.1, -0.05) is 50.2 Å². The Labute approximate surface area is 206 Å². The van der Waals surface area contributed by atoms with E-state index in [1.165, 1.54) is 33.6 Å². The molecule has 2 unspecified atom stereocenters. The molecule has 0 spiro atoms. The minimum Gasteiger partial charge on any atom is -0.355 e. The van der Waals surface area contributed by atoms with Crippen LogP contribution in [0.1, 0.15) is 37.8 Å². The number of nitrogens with zero attached hydrogens (tertiary/aromatic N) is 6. The van der Waals surface area contributed by atoms with Gasteiger partial charge in [0.15, 0.2) is 11.6 Å². The monoisotopic (exact) mass is 462 g/mol. The van der Waals surface area contributed by atoms with Crippen LogP contribution < -0.4 is 14.7 Å². The van der Waals surface area contributed by atoms with Crippen molar-refractivity contribution in [3.05, 3.63) is 90.0 Å². The number of aromatic nitrogens is 2. The van der Waals surface area contributed by atoms with E-state index in [0.717, 1.165) is 24.5 Å². The van der Waals surface area contributed by atoms with Gasteiger partial charge in [-0.2, -0.15) is 0 Å². The molecule has 4 aliphatic rings. The predicted octanol–water partition coefficient (Wildman–Crippen LogP) is 5.48. The molecule has 0 fully saturated rings. The Morgan fingerprint density at radius 1 is 0.800 bits per heavy atom. The lowest BCUT2D eigenvalue weighted by atomic mass is 9.65. The highest BCUT2D eigenvalue weighted by molar-refractivity contribution is 5.96. The number of hydrogen-bond donors (Lipinski definition) is 0. The second-order valence-corrected chi connectivity index (χ2v) is 9.96. The van der Waals surface area contributed by atoms with Gasteiger partial charge in [0, 0.05) is 61.1 Å². The minimum atomic E-state index is -0.120. The second kappa shape index (κ2) is 7.11. The summed E-state index contributed by atoms with van der Waals surface area (Å²) in [7, 11) is 4.36. The number of rotatable bonds is 2. The topological polar surface area (TPSA) is 38.7 Å². The van der Waals surface area contributed by atoms with Gasteiger partial charge in [0.1, 0.15) is 12.3 Å². The van der Waals surface area contributed by atoms with E-state index in [1.54, 1.807) is 6.20 Å². The van der Waals surface area contributed by atoms with E-state index in [4.69, 9.17) is 9.97 Å². The van der Waals surface area contributed by atoms with Gasteiger partial charge in [0.05, 0.1) is 5.69 Å². The fourth-order valence-electron chi connectivity index (χ4n) is 7.06. The van der Waals surface area contributed by atoms with E-state index in [9.17, 15) is 0 Å². The van der Waals surface area contributed by atoms with E-state index < -0.39 is 0 Å². The second-order valence-electron chi connectivity index (χ2n) is 9.96. The molecule has 0 radical (unpaired) electrons. The van der Waals surface area contributed by atoms with Crippen molar-refractivity contribution in [3.63, 3.8) is 0 Å². The molecule has 0 saturated heterocycles. The maximum absolute atomic E-state index is 4.88. The molecule has 2 aromatic carbocycles. The molecule has 4 aliphatic heterocycles. The molecule has 7 rings (SSSR count). The van der Waals surface area contributed by atoms with Gasteiger partial charge in [-0.15, -0.1) is 0 Å². The van der Waals surface area contributed by atoms with Crippen LogP contribution in [0.15, 0.2) is 78.9 Å². The Balaban J connectivity index is 1.66. The summed E-state index contributed by atoms with van der Waals surface area (Å²) >= 11 is 0. The van der Waals surface area contributed by atoms with Crippen LogP contribution in [-0.4, -0.2) is 41.3 Å². The first-order chi connectivity index (χ1) is 17.1. The third-order valence-corrected chi connectivity index (χ3v) is 8.61. The molecule has 0 saturated carbocycles. The molecule has 176 valence electrons. The van der Waals surface area contributed by atoms with Crippen molar-refractivity contribution < 1.29 is 0 Å². The van der Waals surface area contributed by atoms with Gasteiger partial charge in [-0.05, 0) is 36.1 Å². The van der Waals surface area contributed by atoms with Crippen LogP contribution in [0, 0.1) is 0 Å². The minimum absolute atomic E-state index is 0.0215. The summed E-state index contributed by atoms with van der Waals surface area (Å²) < 4.78 is 0. The van der Waals surface area contributed by atoms with E-state index >= 15 is 0 Å². The average Bonchev–Trinajstić information content (AvgIpc) is 3.40. The molecular weight excluding hydrogens is 432 g/mol.